The highest BCUT2D eigenvalue weighted by molar-refractivity contribution is 9.10. The van der Waals surface area contributed by atoms with E-state index in [-0.39, 0.29) is 6.10 Å². The topological polar surface area (TPSA) is 47.3 Å². The Bertz CT molecular complexity index is 433. The van der Waals surface area contributed by atoms with Gasteiger partial charge < -0.3 is 9.84 Å². The van der Waals surface area contributed by atoms with E-state index in [0.29, 0.717) is 19.4 Å². The fraction of sp³-hybridized carbons (Fsp3) is 0.769. The van der Waals surface area contributed by atoms with Crippen molar-refractivity contribution in [2.24, 2.45) is 0 Å². The zero-order valence-corrected chi connectivity index (χ0v) is 12.8. The minimum atomic E-state index is -0.763. The van der Waals surface area contributed by atoms with Crippen LogP contribution >= 0.6 is 15.9 Å². The fourth-order valence-electron chi connectivity index (χ4n) is 2.48. The highest BCUT2D eigenvalue weighted by Gasteiger charge is 2.41. The molecule has 0 spiro atoms. The molecule has 5 heteroatoms. The van der Waals surface area contributed by atoms with Crippen LogP contribution in [0.15, 0.2) is 4.47 Å². The van der Waals surface area contributed by atoms with Crippen LogP contribution in [0.25, 0.3) is 0 Å². The molecule has 1 aromatic rings. The number of nitrogens with zero attached hydrogens (tertiary/aromatic N) is 2. The quantitative estimate of drug-likeness (QED) is 0.927. The van der Waals surface area contributed by atoms with Crippen LogP contribution in [0.2, 0.25) is 0 Å². The Morgan fingerprint density at radius 3 is 2.78 bits per heavy atom. The third-order valence-electron chi connectivity index (χ3n) is 3.83. The van der Waals surface area contributed by atoms with Crippen molar-refractivity contribution in [3.8, 4) is 0 Å². The second-order valence-corrected chi connectivity index (χ2v) is 5.71. The summed E-state index contributed by atoms with van der Waals surface area (Å²) in [4.78, 5) is 0. The highest BCUT2D eigenvalue weighted by Crippen LogP contribution is 2.33. The molecule has 1 aliphatic heterocycles. The molecule has 0 saturated carbocycles. The van der Waals surface area contributed by atoms with E-state index in [1.807, 2.05) is 11.6 Å². The minimum absolute atomic E-state index is 0.116. The maximum absolute atomic E-state index is 10.7. The third-order valence-corrected chi connectivity index (χ3v) is 4.74. The van der Waals surface area contributed by atoms with Gasteiger partial charge in [0.25, 0.3) is 0 Å². The van der Waals surface area contributed by atoms with Gasteiger partial charge in [-0.05, 0) is 36.2 Å². The van der Waals surface area contributed by atoms with Crippen molar-refractivity contribution < 1.29 is 9.84 Å². The molecule has 0 aromatic carbocycles. The van der Waals surface area contributed by atoms with E-state index in [1.54, 1.807) is 0 Å². The molecular weight excluding hydrogens is 296 g/mol. The molecule has 0 bridgehead atoms. The molecule has 102 valence electrons. The van der Waals surface area contributed by atoms with E-state index in [9.17, 15) is 5.11 Å². The maximum atomic E-state index is 10.7. The summed E-state index contributed by atoms with van der Waals surface area (Å²) in [5.41, 5.74) is 1.37. The zero-order valence-electron chi connectivity index (χ0n) is 11.2. The Balaban J connectivity index is 2.30. The van der Waals surface area contributed by atoms with Crippen LogP contribution in [0.5, 0.6) is 0 Å². The molecule has 0 radical (unpaired) electrons. The average Bonchev–Trinajstić information content (AvgIpc) is 2.83. The summed E-state index contributed by atoms with van der Waals surface area (Å²) in [6, 6.07) is 0. The van der Waals surface area contributed by atoms with Crippen molar-refractivity contribution in [2.45, 2.75) is 58.3 Å². The van der Waals surface area contributed by atoms with Crippen LogP contribution in [-0.2, 0) is 24.1 Å². The van der Waals surface area contributed by atoms with Crippen molar-refractivity contribution in [1.82, 2.24) is 9.78 Å². The van der Waals surface area contributed by atoms with Crippen LogP contribution in [0.3, 0.4) is 0 Å². The molecule has 1 aliphatic rings. The summed E-state index contributed by atoms with van der Waals surface area (Å²) in [5.74, 6) is 0. The normalized spacial score (nSPS) is 27.9. The molecule has 1 aromatic heterocycles. The standard InChI is InChI=1S/C13H21BrN2O2/c1-4-10-12(14)11(16(5-2)15-10)8-13(17)6-7-18-9(13)3/h9,17H,4-8H2,1-3H3. The number of aryl methyl sites for hydroxylation is 2. The Morgan fingerprint density at radius 1 is 1.56 bits per heavy atom. The molecule has 1 fully saturated rings. The van der Waals surface area contributed by atoms with E-state index >= 15 is 0 Å². The summed E-state index contributed by atoms with van der Waals surface area (Å²) in [6.07, 6.45) is 2.06. The minimum Gasteiger partial charge on any atom is -0.387 e. The maximum Gasteiger partial charge on any atom is 0.0982 e. The number of hydrogen-bond acceptors (Lipinski definition) is 3. The van der Waals surface area contributed by atoms with Gasteiger partial charge in [0.05, 0.1) is 27.6 Å². The number of halogens is 1. The SMILES string of the molecule is CCc1nn(CC)c(CC2(O)CCOC2C)c1Br. The molecule has 2 unspecified atom stereocenters. The molecule has 0 aliphatic carbocycles. The largest absolute Gasteiger partial charge is 0.387 e. The molecule has 2 rings (SSSR count). The zero-order chi connectivity index (χ0) is 13.3. The smallest absolute Gasteiger partial charge is 0.0982 e. The predicted molar refractivity (Wildman–Crippen MR) is 73.7 cm³/mol. The van der Waals surface area contributed by atoms with Gasteiger partial charge in [-0.15, -0.1) is 0 Å². The molecule has 18 heavy (non-hydrogen) atoms. The van der Waals surface area contributed by atoms with Gasteiger partial charge in [0, 0.05) is 26.0 Å². The fourth-order valence-corrected chi connectivity index (χ4v) is 3.18. The molecule has 2 atom stereocenters. The summed E-state index contributed by atoms with van der Waals surface area (Å²) < 4.78 is 8.51. The van der Waals surface area contributed by atoms with E-state index in [4.69, 9.17) is 4.74 Å². The van der Waals surface area contributed by atoms with Gasteiger partial charge in [0.15, 0.2) is 0 Å². The first-order chi connectivity index (χ1) is 8.51. The third kappa shape index (κ3) is 2.36. The molecule has 0 amide bonds. The predicted octanol–water partition coefficient (Wildman–Crippen LogP) is 2.31. The lowest BCUT2D eigenvalue weighted by Crippen LogP contribution is -2.39. The van der Waals surface area contributed by atoms with Crippen molar-refractivity contribution >= 4 is 15.9 Å². The Morgan fingerprint density at radius 2 is 2.28 bits per heavy atom. The van der Waals surface area contributed by atoms with Gasteiger partial charge in [-0.25, -0.2) is 0 Å². The lowest BCUT2D eigenvalue weighted by atomic mass is 9.91. The van der Waals surface area contributed by atoms with E-state index in [2.05, 4.69) is 34.9 Å². The molecule has 2 heterocycles. The summed E-state index contributed by atoms with van der Waals surface area (Å²) in [5, 5.41) is 15.2. The number of ether oxygens (including phenoxy) is 1. The lowest BCUT2D eigenvalue weighted by Gasteiger charge is -2.26. The van der Waals surface area contributed by atoms with E-state index in [0.717, 1.165) is 28.8 Å². The summed E-state index contributed by atoms with van der Waals surface area (Å²) in [6.45, 7) is 7.55. The molecular formula is C13H21BrN2O2. The van der Waals surface area contributed by atoms with Gasteiger partial charge >= 0.3 is 0 Å². The first-order valence-corrected chi connectivity index (χ1v) is 7.39. The van der Waals surface area contributed by atoms with Crippen molar-refractivity contribution in [3.05, 3.63) is 15.9 Å². The molecule has 4 nitrogen and oxygen atoms in total. The van der Waals surface area contributed by atoms with Crippen LogP contribution in [-0.4, -0.2) is 33.2 Å². The van der Waals surface area contributed by atoms with Gasteiger partial charge in [0.1, 0.15) is 0 Å². The van der Waals surface area contributed by atoms with Crippen molar-refractivity contribution in [2.75, 3.05) is 6.61 Å². The second kappa shape index (κ2) is 5.31. The van der Waals surface area contributed by atoms with Crippen molar-refractivity contribution in [1.29, 1.82) is 0 Å². The average molecular weight is 317 g/mol. The summed E-state index contributed by atoms with van der Waals surface area (Å²) >= 11 is 3.62. The van der Waals surface area contributed by atoms with Crippen LogP contribution in [0.4, 0.5) is 0 Å². The second-order valence-electron chi connectivity index (χ2n) is 4.92. The Labute approximate surface area is 116 Å². The van der Waals surface area contributed by atoms with Gasteiger partial charge in [-0.3, -0.25) is 4.68 Å². The number of hydrogen-bond donors (Lipinski definition) is 1. The Kier molecular flexibility index (Phi) is 4.14. The highest BCUT2D eigenvalue weighted by atomic mass is 79.9. The molecule has 1 N–H and O–H groups in total. The molecule has 1 saturated heterocycles. The van der Waals surface area contributed by atoms with Crippen LogP contribution in [0, 0.1) is 0 Å². The van der Waals surface area contributed by atoms with Gasteiger partial charge in [0.2, 0.25) is 0 Å². The van der Waals surface area contributed by atoms with Gasteiger partial charge in [-0.1, -0.05) is 6.92 Å². The number of aliphatic hydroxyl groups is 1. The lowest BCUT2D eigenvalue weighted by molar-refractivity contribution is -0.0281. The first kappa shape index (κ1) is 14.0. The number of aromatic nitrogens is 2. The Hall–Kier alpha value is -0.390. The van der Waals surface area contributed by atoms with Crippen LogP contribution in [0.1, 0.15) is 38.6 Å². The van der Waals surface area contributed by atoms with Crippen LogP contribution < -0.4 is 0 Å². The van der Waals surface area contributed by atoms with Gasteiger partial charge in [-0.2, -0.15) is 5.10 Å². The van der Waals surface area contributed by atoms with Crippen molar-refractivity contribution in [3.63, 3.8) is 0 Å². The summed E-state index contributed by atoms with van der Waals surface area (Å²) in [7, 11) is 0. The van der Waals surface area contributed by atoms with E-state index in [1.165, 1.54) is 0 Å². The first-order valence-electron chi connectivity index (χ1n) is 6.59. The van der Waals surface area contributed by atoms with E-state index < -0.39 is 5.60 Å². The monoisotopic (exact) mass is 316 g/mol. The number of rotatable bonds is 4.